The molecule has 100 valence electrons. The summed E-state index contributed by atoms with van der Waals surface area (Å²) in [6.45, 7) is 0.300. The summed E-state index contributed by atoms with van der Waals surface area (Å²) in [6, 6.07) is 8.37. The molecular weight excluding hydrogens is 278 g/mol. The van der Waals surface area contributed by atoms with Gasteiger partial charge in [0, 0.05) is 6.20 Å². The van der Waals surface area contributed by atoms with Gasteiger partial charge in [0.05, 0.1) is 29.0 Å². The summed E-state index contributed by atoms with van der Waals surface area (Å²) in [5, 5.41) is 10.2. The third-order valence-electron chi connectivity index (χ3n) is 2.97. The van der Waals surface area contributed by atoms with Crippen LogP contribution in [0.3, 0.4) is 0 Å². The minimum absolute atomic E-state index is 0.0634. The largest absolute Gasteiger partial charge is 0.506 e. The molecule has 0 bridgehead atoms. The molecule has 2 aromatic heterocycles. The Morgan fingerprint density at radius 2 is 2.05 bits per heavy atom. The van der Waals surface area contributed by atoms with Gasteiger partial charge < -0.3 is 5.11 Å². The van der Waals surface area contributed by atoms with Gasteiger partial charge in [0.15, 0.2) is 0 Å². The highest BCUT2D eigenvalue weighted by molar-refractivity contribution is 6.35. The van der Waals surface area contributed by atoms with E-state index in [9.17, 15) is 9.90 Å². The molecule has 0 fully saturated rings. The van der Waals surface area contributed by atoms with E-state index in [-0.39, 0.29) is 27.2 Å². The van der Waals surface area contributed by atoms with Crippen LogP contribution in [-0.4, -0.2) is 19.6 Å². The van der Waals surface area contributed by atoms with Crippen LogP contribution in [0.2, 0.25) is 5.02 Å². The Bertz CT molecular complexity index is 831. The van der Waals surface area contributed by atoms with Crippen molar-refractivity contribution in [1.29, 1.82) is 0 Å². The fourth-order valence-corrected chi connectivity index (χ4v) is 2.23. The molecular formula is C14H10ClN3O2. The summed E-state index contributed by atoms with van der Waals surface area (Å²) in [5.74, 6) is -0.0634. The number of benzene rings is 1. The first-order valence-electron chi connectivity index (χ1n) is 5.93. The summed E-state index contributed by atoms with van der Waals surface area (Å²) < 4.78 is 1.41. The average molecular weight is 288 g/mol. The van der Waals surface area contributed by atoms with Crippen LogP contribution in [0.4, 0.5) is 0 Å². The van der Waals surface area contributed by atoms with Crippen molar-refractivity contribution >= 4 is 22.5 Å². The Morgan fingerprint density at radius 3 is 2.80 bits per heavy atom. The molecule has 1 aromatic carbocycles. The van der Waals surface area contributed by atoms with E-state index < -0.39 is 0 Å². The van der Waals surface area contributed by atoms with Crippen molar-refractivity contribution in [3.63, 3.8) is 0 Å². The van der Waals surface area contributed by atoms with Crippen LogP contribution in [0.1, 0.15) is 5.69 Å². The molecule has 0 unspecified atom stereocenters. The highest BCUT2D eigenvalue weighted by atomic mass is 35.5. The van der Waals surface area contributed by atoms with Gasteiger partial charge in [-0.15, -0.1) is 0 Å². The number of nitrogens with zero attached hydrogens (tertiary/aromatic N) is 3. The molecule has 3 aromatic rings. The van der Waals surface area contributed by atoms with Crippen molar-refractivity contribution in [3.05, 3.63) is 63.9 Å². The smallest absolute Gasteiger partial charge is 0.263 e. The van der Waals surface area contributed by atoms with E-state index in [1.165, 1.54) is 23.0 Å². The van der Waals surface area contributed by atoms with Crippen LogP contribution in [0.25, 0.3) is 10.9 Å². The number of pyridine rings is 1. The standard InChI is InChI=1S/C14H10ClN3O2/c15-10-4-5-11(19)13-12(10)14(20)18(8-17-13)7-9-3-1-2-6-16-9/h1-6,8,19H,7H2. The summed E-state index contributed by atoms with van der Waals surface area (Å²) in [4.78, 5) is 20.7. The number of phenols is 1. The van der Waals surface area contributed by atoms with Crippen LogP contribution in [0.5, 0.6) is 5.75 Å². The third-order valence-corrected chi connectivity index (χ3v) is 3.28. The zero-order valence-corrected chi connectivity index (χ0v) is 11.1. The SMILES string of the molecule is O=c1c2c(Cl)ccc(O)c2ncn1Cc1ccccn1. The van der Waals surface area contributed by atoms with Gasteiger partial charge in [-0.05, 0) is 24.3 Å². The Kier molecular flexibility index (Phi) is 3.12. The summed E-state index contributed by atoms with van der Waals surface area (Å²) in [6.07, 6.45) is 3.04. The highest BCUT2D eigenvalue weighted by Gasteiger charge is 2.11. The first kappa shape index (κ1) is 12.6. The topological polar surface area (TPSA) is 68.0 Å². The lowest BCUT2D eigenvalue weighted by Crippen LogP contribution is -2.21. The molecule has 1 N–H and O–H groups in total. The quantitative estimate of drug-likeness (QED) is 0.784. The van der Waals surface area contributed by atoms with E-state index in [0.717, 1.165) is 5.69 Å². The lowest BCUT2D eigenvalue weighted by atomic mass is 10.2. The molecule has 0 amide bonds. The summed E-state index contributed by atoms with van der Waals surface area (Å²) in [7, 11) is 0. The molecule has 5 nitrogen and oxygen atoms in total. The van der Waals surface area contributed by atoms with Crippen molar-refractivity contribution in [2.24, 2.45) is 0 Å². The number of rotatable bonds is 2. The Hall–Kier alpha value is -2.40. The number of phenolic OH excluding ortho intramolecular Hbond substituents is 1. The molecule has 0 aliphatic carbocycles. The van der Waals surface area contributed by atoms with E-state index in [0.29, 0.717) is 6.54 Å². The molecule has 0 saturated heterocycles. The monoisotopic (exact) mass is 287 g/mol. The maximum atomic E-state index is 12.4. The van der Waals surface area contributed by atoms with Gasteiger partial charge in [-0.3, -0.25) is 14.3 Å². The van der Waals surface area contributed by atoms with E-state index in [4.69, 9.17) is 11.6 Å². The highest BCUT2D eigenvalue weighted by Crippen LogP contribution is 2.26. The summed E-state index contributed by atoms with van der Waals surface area (Å²) in [5.41, 5.74) is 0.647. The van der Waals surface area contributed by atoms with Gasteiger partial charge in [0.2, 0.25) is 0 Å². The molecule has 0 spiro atoms. The number of halogens is 1. The molecule has 0 atom stereocenters. The van der Waals surface area contributed by atoms with Crippen LogP contribution < -0.4 is 5.56 Å². The number of aromatic hydroxyl groups is 1. The Labute approximate surface area is 119 Å². The van der Waals surface area contributed by atoms with Crippen LogP contribution in [0.15, 0.2) is 47.7 Å². The van der Waals surface area contributed by atoms with Crippen LogP contribution in [0, 0.1) is 0 Å². The fraction of sp³-hybridized carbons (Fsp3) is 0.0714. The molecule has 0 radical (unpaired) electrons. The van der Waals surface area contributed by atoms with E-state index in [2.05, 4.69) is 9.97 Å². The van der Waals surface area contributed by atoms with Crippen molar-refractivity contribution in [3.8, 4) is 5.75 Å². The lowest BCUT2D eigenvalue weighted by molar-refractivity contribution is 0.480. The van der Waals surface area contributed by atoms with Gasteiger partial charge in [-0.1, -0.05) is 17.7 Å². The number of aromatic nitrogens is 3. The van der Waals surface area contributed by atoms with E-state index in [1.54, 1.807) is 12.3 Å². The van der Waals surface area contributed by atoms with Gasteiger partial charge in [-0.25, -0.2) is 4.98 Å². The number of fused-ring (bicyclic) bond motifs is 1. The average Bonchev–Trinajstić information content (AvgIpc) is 2.46. The van der Waals surface area contributed by atoms with Crippen molar-refractivity contribution < 1.29 is 5.11 Å². The van der Waals surface area contributed by atoms with Crippen LogP contribution >= 0.6 is 11.6 Å². The minimum atomic E-state index is -0.304. The first-order valence-corrected chi connectivity index (χ1v) is 6.31. The molecule has 0 aliphatic heterocycles. The number of hydrogen-bond acceptors (Lipinski definition) is 4. The summed E-state index contributed by atoms with van der Waals surface area (Å²) >= 11 is 6.03. The Balaban J connectivity index is 2.17. The molecule has 0 saturated carbocycles. The molecule has 0 aliphatic rings. The van der Waals surface area contributed by atoms with Crippen LogP contribution in [-0.2, 0) is 6.54 Å². The Morgan fingerprint density at radius 1 is 1.20 bits per heavy atom. The zero-order chi connectivity index (χ0) is 14.1. The predicted molar refractivity (Wildman–Crippen MR) is 76.0 cm³/mol. The minimum Gasteiger partial charge on any atom is -0.506 e. The molecule has 3 rings (SSSR count). The maximum absolute atomic E-state index is 12.4. The predicted octanol–water partition coefficient (Wildman–Crippen LogP) is 2.20. The molecule has 2 heterocycles. The lowest BCUT2D eigenvalue weighted by Gasteiger charge is -2.07. The van der Waals surface area contributed by atoms with Crippen molar-refractivity contribution in [2.75, 3.05) is 0 Å². The van der Waals surface area contributed by atoms with E-state index in [1.807, 2.05) is 12.1 Å². The second kappa shape index (κ2) is 4.94. The number of hydrogen-bond donors (Lipinski definition) is 1. The third kappa shape index (κ3) is 2.12. The second-order valence-corrected chi connectivity index (χ2v) is 4.70. The fourth-order valence-electron chi connectivity index (χ4n) is 1.99. The molecule has 20 heavy (non-hydrogen) atoms. The molecule has 6 heteroatoms. The first-order chi connectivity index (χ1) is 9.66. The van der Waals surface area contributed by atoms with Gasteiger partial charge >= 0.3 is 0 Å². The zero-order valence-electron chi connectivity index (χ0n) is 10.3. The second-order valence-electron chi connectivity index (χ2n) is 4.29. The van der Waals surface area contributed by atoms with Gasteiger partial charge in [0.1, 0.15) is 11.3 Å². The van der Waals surface area contributed by atoms with Crippen molar-refractivity contribution in [2.45, 2.75) is 6.54 Å². The van der Waals surface area contributed by atoms with Gasteiger partial charge in [0.25, 0.3) is 5.56 Å². The normalized spacial score (nSPS) is 10.8. The van der Waals surface area contributed by atoms with Gasteiger partial charge in [-0.2, -0.15) is 0 Å². The van der Waals surface area contributed by atoms with Crippen molar-refractivity contribution in [1.82, 2.24) is 14.5 Å². The van der Waals surface area contributed by atoms with E-state index >= 15 is 0 Å². The maximum Gasteiger partial charge on any atom is 0.263 e.